The number of halogens is 1. The molecule has 3 fully saturated rings. The first-order valence-electron chi connectivity index (χ1n) is 13.0. The molecular weight excluding hydrogens is 583 g/mol. The number of amides is 1. The van der Waals surface area contributed by atoms with Crippen LogP contribution in [0.2, 0.25) is 5.28 Å². The molecule has 16 nitrogen and oxygen atoms in total. The molecule has 0 saturated carbocycles. The van der Waals surface area contributed by atoms with Crippen LogP contribution in [0.25, 0.3) is 11.0 Å². The van der Waals surface area contributed by atoms with Crippen molar-refractivity contribution >= 4 is 42.0 Å². The van der Waals surface area contributed by atoms with Crippen LogP contribution in [0.1, 0.15) is 29.6 Å². The third-order valence-electron chi connectivity index (χ3n) is 7.76. The van der Waals surface area contributed by atoms with Crippen molar-refractivity contribution in [2.75, 3.05) is 44.0 Å². The fraction of sp³-hybridized carbons (Fsp3) is 0.609. The van der Waals surface area contributed by atoms with Gasteiger partial charge in [-0.3, -0.25) is 14.0 Å². The SMILES string of the molecule is Cn1ccc(C(=O)N2CCCC3(C2)CN(c2nc(Cl)nc4c2cnn4[C@@H]2O[C@H](COCP(=O)(O)O)[C@@H](O)[C@H]2O)C3)n1. The third kappa shape index (κ3) is 5.46. The lowest BCUT2D eigenvalue weighted by Crippen LogP contribution is -2.64. The van der Waals surface area contributed by atoms with E-state index in [-0.39, 0.29) is 28.9 Å². The lowest BCUT2D eigenvalue weighted by Gasteiger charge is -2.55. The second-order valence-corrected chi connectivity index (χ2v) is 12.8. The molecular formula is C23H30ClN8O8P. The van der Waals surface area contributed by atoms with Gasteiger partial charge in [-0.05, 0) is 30.5 Å². The van der Waals surface area contributed by atoms with E-state index in [9.17, 15) is 19.6 Å². The van der Waals surface area contributed by atoms with Crippen molar-refractivity contribution in [2.24, 2.45) is 12.5 Å². The van der Waals surface area contributed by atoms with Crippen LogP contribution in [-0.2, 0) is 21.1 Å². The Balaban J connectivity index is 1.17. The van der Waals surface area contributed by atoms with E-state index in [1.807, 2.05) is 4.90 Å². The molecule has 0 bridgehead atoms. The smallest absolute Gasteiger partial charge is 0.350 e. The van der Waals surface area contributed by atoms with Gasteiger partial charge in [0, 0.05) is 44.8 Å². The number of rotatable bonds is 7. The van der Waals surface area contributed by atoms with E-state index in [1.54, 1.807) is 24.0 Å². The van der Waals surface area contributed by atoms with Gasteiger partial charge in [0.1, 0.15) is 36.2 Å². The van der Waals surface area contributed by atoms with Gasteiger partial charge in [-0.15, -0.1) is 0 Å². The number of aliphatic hydroxyl groups excluding tert-OH is 2. The molecule has 18 heteroatoms. The largest absolute Gasteiger partial charge is 0.387 e. The number of piperidine rings is 1. The fourth-order valence-corrected chi connectivity index (χ4v) is 6.42. The molecule has 6 rings (SSSR count). The highest BCUT2D eigenvalue weighted by Gasteiger charge is 2.49. The number of ether oxygens (including phenoxy) is 2. The van der Waals surface area contributed by atoms with Gasteiger partial charge in [0.05, 0.1) is 18.2 Å². The van der Waals surface area contributed by atoms with Crippen LogP contribution in [0, 0.1) is 5.41 Å². The summed E-state index contributed by atoms with van der Waals surface area (Å²) in [7, 11) is -2.63. The molecule has 0 radical (unpaired) electrons. The number of aliphatic hydroxyl groups is 2. The number of hydrogen-bond donors (Lipinski definition) is 4. The van der Waals surface area contributed by atoms with Gasteiger partial charge in [0.2, 0.25) is 5.28 Å². The van der Waals surface area contributed by atoms with Gasteiger partial charge < -0.3 is 39.3 Å². The highest BCUT2D eigenvalue weighted by atomic mass is 35.5. The zero-order valence-electron chi connectivity index (χ0n) is 22.0. The zero-order chi connectivity index (χ0) is 29.1. The number of carbonyl (C=O) groups is 1. The van der Waals surface area contributed by atoms with Crippen molar-refractivity contribution in [3.8, 4) is 0 Å². The first kappa shape index (κ1) is 28.4. The van der Waals surface area contributed by atoms with E-state index in [2.05, 4.69) is 25.1 Å². The third-order valence-corrected chi connectivity index (χ3v) is 8.45. The molecule has 3 saturated heterocycles. The monoisotopic (exact) mass is 612 g/mol. The van der Waals surface area contributed by atoms with Gasteiger partial charge in [-0.2, -0.15) is 20.2 Å². The predicted molar refractivity (Wildman–Crippen MR) is 142 cm³/mol. The molecule has 4 atom stereocenters. The Kier molecular flexibility index (Phi) is 7.31. The molecule has 1 spiro atoms. The summed E-state index contributed by atoms with van der Waals surface area (Å²) in [4.78, 5) is 43.6. The van der Waals surface area contributed by atoms with Crippen LogP contribution in [0.5, 0.6) is 0 Å². The van der Waals surface area contributed by atoms with Crippen LogP contribution in [0.4, 0.5) is 5.82 Å². The summed E-state index contributed by atoms with van der Waals surface area (Å²) < 4.78 is 24.7. The van der Waals surface area contributed by atoms with E-state index < -0.39 is 38.5 Å². The molecule has 0 unspecified atom stereocenters. The van der Waals surface area contributed by atoms with Gasteiger partial charge in [-0.25, -0.2) is 4.68 Å². The first-order chi connectivity index (χ1) is 19.4. The number of nitrogens with zero attached hydrogens (tertiary/aromatic N) is 8. The van der Waals surface area contributed by atoms with Crippen LogP contribution in [0.3, 0.4) is 0 Å². The summed E-state index contributed by atoms with van der Waals surface area (Å²) in [5, 5.41) is 30.2. The van der Waals surface area contributed by atoms with Crippen molar-refractivity contribution in [1.29, 1.82) is 0 Å². The van der Waals surface area contributed by atoms with Gasteiger partial charge >= 0.3 is 7.60 Å². The minimum Gasteiger partial charge on any atom is -0.387 e. The molecule has 4 N–H and O–H groups in total. The molecule has 3 aliphatic heterocycles. The van der Waals surface area contributed by atoms with E-state index in [0.717, 1.165) is 12.8 Å². The highest BCUT2D eigenvalue weighted by Crippen LogP contribution is 2.43. The molecule has 0 aromatic carbocycles. The van der Waals surface area contributed by atoms with E-state index in [1.165, 1.54) is 10.9 Å². The number of carbonyl (C=O) groups excluding carboxylic acids is 1. The van der Waals surface area contributed by atoms with Crippen LogP contribution < -0.4 is 4.90 Å². The lowest BCUT2D eigenvalue weighted by molar-refractivity contribution is -0.0658. The Hall–Kier alpha value is -2.69. The molecule has 0 aliphatic carbocycles. The number of anilines is 1. The van der Waals surface area contributed by atoms with Gasteiger partial charge in [-0.1, -0.05) is 0 Å². The van der Waals surface area contributed by atoms with E-state index in [0.29, 0.717) is 43.1 Å². The predicted octanol–water partition coefficient (Wildman–Crippen LogP) is -0.273. The molecule has 6 heterocycles. The Bertz CT molecular complexity index is 1510. The Morgan fingerprint density at radius 3 is 2.73 bits per heavy atom. The van der Waals surface area contributed by atoms with Crippen LogP contribution in [-0.4, -0.2) is 118 Å². The van der Waals surface area contributed by atoms with Gasteiger partial charge in [0.15, 0.2) is 11.9 Å². The lowest BCUT2D eigenvalue weighted by atomic mass is 9.73. The van der Waals surface area contributed by atoms with Gasteiger partial charge in [0.25, 0.3) is 5.91 Å². The molecule has 222 valence electrons. The molecule has 3 aliphatic rings. The molecule has 1 amide bonds. The van der Waals surface area contributed by atoms with Crippen LogP contribution in [0.15, 0.2) is 18.5 Å². The summed E-state index contributed by atoms with van der Waals surface area (Å²) in [5.74, 6) is 0.472. The standard InChI is InChI=1S/C23H30ClN8O8P/c1-29-6-3-14(28-29)20(35)30-5-2-4-23(9-30)10-31(11-23)18-13-7-25-32(19(13)27-22(24)26-18)21-17(34)16(33)15(40-21)8-39-12-41(36,37)38/h3,6-7,15-17,21,33-34H,2,4-5,8-12H2,1H3,(H2,36,37,38)/t15-,16-,17-,21-/m1/s1. The van der Waals surface area contributed by atoms with E-state index in [4.69, 9.17) is 30.9 Å². The number of aromatic nitrogens is 6. The normalized spacial score (nSPS) is 26.2. The van der Waals surface area contributed by atoms with Crippen molar-refractivity contribution < 1.29 is 38.8 Å². The Morgan fingerprint density at radius 2 is 2.02 bits per heavy atom. The van der Waals surface area contributed by atoms with E-state index >= 15 is 0 Å². The number of likely N-dealkylation sites (tertiary alicyclic amines) is 1. The quantitative estimate of drug-likeness (QED) is 0.201. The zero-order valence-corrected chi connectivity index (χ0v) is 23.7. The summed E-state index contributed by atoms with van der Waals surface area (Å²) in [6.45, 7) is 2.22. The van der Waals surface area contributed by atoms with Crippen molar-refractivity contribution in [3.63, 3.8) is 0 Å². The number of aryl methyl sites for hydroxylation is 1. The van der Waals surface area contributed by atoms with Crippen molar-refractivity contribution in [1.82, 2.24) is 34.4 Å². The van der Waals surface area contributed by atoms with Crippen molar-refractivity contribution in [3.05, 3.63) is 29.4 Å². The number of fused-ring (bicyclic) bond motifs is 1. The average molecular weight is 613 g/mol. The Morgan fingerprint density at radius 1 is 1.24 bits per heavy atom. The highest BCUT2D eigenvalue weighted by molar-refractivity contribution is 7.51. The maximum absolute atomic E-state index is 13.0. The topological polar surface area (TPSA) is 201 Å². The summed E-state index contributed by atoms with van der Waals surface area (Å²) in [5.41, 5.74) is 0.608. The second-order valence-electron chi connectivity index (χ2n) is 10.9. The summed E-state index contributed by atoms with van der Waals surface area (Å²) >= 11 is 6.30. The summed E-state index contributed by atoms with van der Waals surface area (Å²) in [6, 6.07) is 1.72. The molecule has 3 aromatic rings. The summed E-state index contributed by atoms with van der Waals surface area (Å²) in [6.07, 6.45) is -0.757. The minimum atomic E-state index is -4.40. The van der Waals surface area contributed by atoms with Crippen molar-refractivity contribution in [2.45, 2.75) is 37.4 Å². The second kappa shape index (κ2) is 10.5. The van der Waals surface area contributed by atoms with Crippen LogP contribution >= 0.6 is 19.2 Å². The minimum absolute atomic E-state index is 0.0413. The average Bonchev–Trinajstić information content (AvgIpc) is 3.59. The maximum Gasteiger partial charge on any atom is 0.350 e. The molecule has 41 heavy (non-hydrogen) atoms. The molecule has 3 aromatic heterocycles. The first-order valence-corrected chi connectivity index (χ1v) is 15.2. The fourth-order valence-electron chi connectivity index (χ4n) is 5.91. The maximum atomic E-state index is 13.0. The number of hydrogen-bond acceptors (Lipinski definition) is 11. The Labute approximate surface area is 238 Å².